The first-order valence-corrected chi connectivity index (χ1v) is 5.49. The van der Waals surface area contributed by atoms with Crippen LogP contribution in [-0.4, -0.2) is 21.0 Å². The van der Waals surface area contributed by atoms with Gasteiger partial charge in [0, 0.05) is 11.9 Å². The lowest BCUT2D eigenvalue weighted by molar-refractivity contribution is 0.102. The van der Waals surface area contributed by atoms with Crippen LogP contribution in [0.1, 0.15) is 21.7 Å². The molecule has 0 unspecified atom stereocenters. The molecule has 2 N–H and O–H groups in total. The van der Waals surface area contributed by atoms with Gasteiger partial charge in [-0.25, -0.2) is 4.98 Å². The number of hydrogen-bond acceptors (Lipinski definition) is 4. The van der Waals surface area contributed by atoms with Crippen LogP contribution in [0.4, 0.5) is 5.69 Å². The standard InChI is InChI=1S/C13H13N3O2/c1-9-6-15-12(7-14-9)13(18)16-11-4-2-3-10(5-11)8-17/h2-7,17H,8H2,1H3,(H,16,18). The number of amides is 1. The Balaban J connectivity index is 2.13. The zero-order chi connectivity index (χ0) is 13.0. The lowest BCUT2D eigenvalue weighted by Crippen LogP contribution is -2.14. The summed E-state index contributed by atoms with van der Waals surface area (Å²) in [6.45, 7) is 1.74. The number of benzene rings is 1. The maximum Gasteiger partial charge on any atom is 0.275 e. The monoisotopic (exact) mass is 243 g/mol. The summed E-state index contributed by atoms with van der Waals surface area (Å²) in [6.07, 6.45) is 2.97. The molecule has 2 rings (SSSR count). The SMILES string of the molecule is Cc1cnc(C(=O)Nc2cccc(CO)c2)cn1. The summed E-state index contributed by atoms with van der Waals surface area (Å²) in [7, 11) is 0. The number of aliphatic hydroxyl groups is 1. The van der Waals surface area contributed by atoms with Crippen molar-refractivity contribution in [2.24, 2.45) is 0 Å². The third-order valence-corrected chi connectivity index (χ3v) is 2.38. The van der Waals surface area contributed by atoms with Crippen molar-refractivity contribution in [3.8, 4) is 0 Å². The number of aryl methyl sites for hydroxylation is 1. The van der Waals surface area contributed by atoms with Crippen molar-refractivity contribution in [3.63, 3.8) is 0 Å². The molecule has 0 aliphatic rings. The molecule has 0 aliphatic heterocycles. The van der Waals surface area contributed by atoms with Gasteiger partial charge in [-0.2, -0.15) is 0 Å². The van der Waals surface area contributed by atoms with Gasteiger partial charge >= 0.3 is 0 Å². The van der Waals surface area contributed by atoms with Gasteiger partial charge in [-0.3, -0.25) is 9.78 Å². The molecule has 0 bridgehead atoms. The zero-order valence-electron chi connectivity index (χ0n) is 9.92. The highest BCUT2D eigenvalue weighted by Crippen LogP contribution is 2.11. The Kier molecular flexibility index (Phi) is 3.64. The number of aliphatic hydroxyl groups excluding tert-OH is 1. The zero-order valence-corrected chi connectivity index (χ0v) is 9.92. The fraction of sp³-hybridized carbons (Fsp3) is 0.154. The molecule has 1 amide bonds. The molecule has 5 nitrogen and oxygen atoms in total. The van der Waals surface area contributed by atoms with Gasteiger partial charge in [0.05, 0.1) is 18.5 Å². The smallest absolute Gasteiger partial charge is 0.275 e. The van der Waals surface area contributed by atoms with Gasteiger partial charge in [-0.15, -0.1) is 0 Å². The van der Waals surface area contributed by atoms with Gasteiger partial charge in [0.15, 0.2) is 0 Å². The van der Waals surface area contributed by atoms with Crippen molar-refractivity contribution >= 4 is 11.6 Å². The van der Waals surface area contributed by atoms with Gasteiger partial charge in [-0.05, 0) is 24.6 Å². The predicted octanol–water partition coefficient (Wildman–Crippen LogP) is 1.53. The molecule has 0 radical (unpaired) electrons. The minimum atomic E-state index is -0.322. The van der Waals surface area contributed by atoms with E-state index in [2.05, 4.69) is 15.3 Å². The molecular formula is C13H13N3O2. The first-order chi connectivity index (χ1) is 8.69. The number of hydrogen-bond donors (Lipinski definition) is 2. The van der Waals surface area contributed by atoms with E-state index in [1.54, 1.807) is 37.4 Å². The van der Waals surface area contributed by atoms with Crippen LogP contribution in [0.25, 0.3) is 0 Å². The molecule has 0 atom stereocenters. The van der Waals surface area contributed by atoms with Crippen LogP contribution >= 0.6 is 0 Å². The van der Waals surface area contributed by atoms with Crippen LogP contribution in [0.3, 0.4) is 0 Å². The first-order valence-electron chi connectivity index (χ1n) is 5.49. The summed E-state index contributed by atoms with van der Waals surface area (Å²) in [5.41, 5.74) is 2.38. The Labute approximate surface area is 105 Å². The number of aromatic nitrogens is 2. The molecule has 5 heteroatoms. The minimum Gasteiger partial charge on any atom is -0.392 e. The molecule has 2 aromatic rings. The summed E-state index contributed by atoms with van der Waals surface area (Å²) in [6, 6.07) is 7.00. The third-order valence-electron chi connectivity index (χ3n) is 2.38. The molecule has 0 saturated carbocycles. The van der Waals surface area contributed by atoms with E-state index in [-0.39, 0.29) is 18.2 Å². The van der Waals surface area contributed by atoms with E-state index in [1.165, 1.54) is 6.20 Å². The largest absolute Gasteiger partial charge is 0.392 e. The molecule has 0 fully saturated rings. The van der Waals surface area contributed by atoms with Crippen LogP contribution in [0, 0.1) is 6.92 Å². The lowest BCUT2D eigenvalue weighted by atomic mass is 10.2. The van der Waals surface area contributed by atoms with E-state index < -0.39 is 0 Å². The molecule has 1 aromatic heterocycles. The van der Waals surface area contributed by atoms with E-state index in [1.807, 2.05) is 0 Å². The van der Waals surface area contributed by atoms with Gasteiger partial charge in [0.1, 0.15) is 5.69 Å². The van der Waals surface area contributed by atoms with Crippen LogP contribution in [0.5, 0.6) is 0 Å². The maximum atomic E-state index is 11.8. The molecule has 1 heterocycles. The highest BCUT2D eigenvalue weighted by atomic mass is 16.3. The molecule has 0 saturated heterocycles. The number of anilines is 1. The summed E-state index contributed by atoms with van der Waals surface area (Å²) < 4.78 is 0. The fourth-order valence-corrected chi connectivity index (χ4v) is 1.45. The van der Waals surface area contributed by atoms with E-state index in [0.717, 1.165) is 11.3 Å². The van der Waals surface area contributed by atoms with Crippen molar-refractivity contribution in [1.29, 1.82) is 0 Å². The summed E-state index contributed by atoms with van der Waals surface area (Å²) in [5, 5.41) is 11.7. The molecule has 0 aliphatic carbocycles. The van der Waals surface area contributed by atoms with Crippen LogP contribution in [0.2, 0.25) is 0 Å². The average molecular weight is 243 g/mol. The Hall–Kier alpha value is -2.27. The van der Waals surface area contributed by atoms with E-state index in [4.69, 9.17) is 5.11 Å². The number of carbonyl (C=O) groups excluding carboxylic acids is 1. The number of nitrogens with one attached hydrogen (secondary N) is 1. The van der Waals surface area contributed by atoms with Crippen molar-refractivity contribution in [1.82, 2.24) is 9.97 Å². The quantitative estimate of drug-likeness (QED) is 0.857. The van der Waals surface area contributed by atoms with Gasteiger partial charge in [0.25, 0.3) is 5.91 Å². The van der Waals surface area contributed by atoms with E-state index in [9.17, 15) is 4.79 Å². The third kappa shape index (κ3) is 2.89. The van der Waals surface area contributed by atoms with E-state index >= 15 is 0 Å². The summed E-state index contributed by atoms with van der Waals surface area (Å²) in [4.78, 5) is 19.9. The van der Waals surface area contributed by atoms with Gasteiger partial charge < -0.3 is 10.4 Å². The number of carbonyl (C=O) groups is 1. The second-order valence-electron chi connectivity index (χ2n) is 3.86. The number of nitrogens with zero attached hydrogens (tertiary/aromatic N) is 2. The van der Waals surface area contributed by atoms with Crippen molar-refractivity contribution in [2.75, 3.05) is 5.32 Å². The van der Waals surface area contributed by atoms with Gasteiger partial charge in [0.2, 0.25) is 0 Å². The van der Waals surface area contributed by atoms with E-state index in [0.29, 0.717) is 5.69 Å². The Bertz CT molecular complexity index is 552. The van der Waals surface area contributed by atoms with Crippen molar-refractivity contribution < 1.29 is 9.90 Å². The van der Waals surface area contributed by atoms with Crippen LogP contribution in [-0.2, 0) is 6.61 Å². The van der Waals surface area contributed by atoms with Crippen molar-refractivity contribution in [2.45, 2.75) is 13.5 Å². The molecular weight excluding hydrogens is 230 g/mol. The Morgan fingerprint density at radius 2 is 2.17 bits per heavy atom. The Morgan fingerprint density at radius 1 is 1.33 bits per heavy atom. The average Bonchev–Trinajstić information content (AvgIpc) is 2.39. The molecule has 0 spiro atoms. The van der Waals surface area contributed by atoms with Crippen molar-refractivity contribution in [3.05, 3.63) is 53.6 Å². The molecule has 1 aromatic carbocycles. The molecule has 18 heavy (non-hydrogen) atoms. The first kappa shape index (κ1) is 12.2. The molecule has 92 valence electrons. The van der Waals surface area contributed by atoms with Crippen LogP contribution < -0.4 is 5.32 Å². The second-order valence-corrected chi connectivity index (χ2v) is 3.86. The fourth-order valence-electron chi connectivity index (χ4n) is 1.45. The van der Waals surface area contributed by atoms with Crippen LogP contribution in [0.15, 0.2) is 36.7 Å². The highest BCUT2D eigenvalue weighted by Gasteiger charge is 2.07. The maximum absolute atomic E-state index is 11.8. The Morgan fingerprint density at radius 3 is 2.83 bits per heavy atom. The predicted molar refractivity (Wildman–Crippen MR) is 67.1 cm³/mol. The number of rotatable bonds is 3. The summed E-state index contributed by atoms with van der Waals surface area (Å²) in [5.74, 6) is -0.322. The highest BCUT2D eigenvalue weighted by molar-refractivity contribution is 6.02. The summed E-state index contributed by atoms with van der Waals surface area (Å²) >= 11 is 0. The second kappa shape index (κ2) is 5.37. The topological polar surface area (TPSA) is 75.1 Å². The minimum absolute atomic E-state index is 0.0615. The van der Waals surface area contributed by atoms with Gasteiger partial charge in [-0.1, -0.05) is 12.1 Å². The normalized spacial score (nSPS) is 10.1. The lowest BCUT2D eigenvalue weighted by Gasteiger charge is -2.05.